The van der Waals surface area contributed by atoms with Crippen molar-refractivity contribution in [3.63, 3.8) is 0 Å². The monoisotopic (exact) mass is 422 g/mol. The van der Waals surface area contributed by atoms with Crippen LogP contribution in [-0.2, 0) is 0 Å². The van der Waals surface area contributed by atoms with Crippen molar-refractivity contribution < 1.29 is 5.48 Å². The average Bonchev–Trinajstić information content (AvgIpc) is 2.63. The van der Waals surface area contributed by atoms with E-state index in [2.05, 4.69) is 20.8 Å². The fraction of sp³-hybridized carbons (Fsp3) is 1.00. The lowest BCUT2D eigenvalue weighted by atomic mass is 10.1. The third-order valence-electron chi connectivity index (χ3n) is 5.48. The predicted molar refractivity (Wildman–Crippen MR) is 136 cm³/mol. The van der Waals surface area contributed by atoms with Crippen molar-refractivity contribution in [1.82, 2.24) is 0 Å². The molecule has 0 saturated heterocycles. The maximum atomic E-state index is 2.32. The summed E-state index contributed by atoms with van der Waals surface area (Å²) in [6, 6.07) is 0. The molecular formula is C24H56OP2. The summed E-state index contributed by atoms with van der Waals surface area (Å²) in [5.74, 6) is 0. The predicted octanol–water partition coefficient (Wildman–Crippen LogP) is 8.78. The second kappa shape index (κ2) is 29.0. The van der Waals surface area contributed by atoms with E-state index in [1.165, 1.54) is 116 Å². The summed E-state index contributed by atoms with van der Waals surface area (Å²) >= 11 is 0. The summed E-state index contributed by atoms with van der Waals surface area (Å²) in [6.45, 7) is 6.96. The van der Waals surface area contributed by atoms with Crippen LogP contribution in [0.4, 0.5) is 0 Å². The Morgan fingerprint density at radius 3 is 0.852 bits per heavy atom. The molecule has 0 bridgehead atoms. The minimum Gasteiger partial charge on any atom is -0.412 e. The molecule has 2 N–H and O–H groups in total. The first kappa shape index (κ1) is 32.5. The fourth-order valence-corrected chi connectivity index (χ4v) is 6.37. The van der Waals surface area contributed by atoms with Gasteiger partial charge < -0.3 is 5.48 Å². The molecule has 27 heavy (non-hydrogen) atoms. The van der Waals surface area contributed by atoms with E-state index >= 15 is 0 Å². The lowest BCUT2D eigenvalue weighted by Gasteiger charge is -2.18. The topological polar surface area (TPSA) is 31.5 Å². The molecule has 3 heteroatoms. The van der Waals surface area contributed by atoms with Crippen LogP contribution in [-0.4, -0.2) is 24.0 Å². The summed E-state index contributed by atoms with van der Waals surface area (Å²) in [4.78, 5) is 0. The van der Waals surface area contributed by atoms with Gasteiger partial charge in [0.2, 0.25) is 0 Å². The van der Waals surface area contributed by atoms with Crippen LogP contribution >= 0.6 is 17.8 Å². The molecule has 1 nitrogen and oxygen atoms in total. The van der Waals surface area contributed by atoms with Crippen molar-refractivity contribution in [3.8, 4) is 0 Å². The Balaban J connectivity index is -0.00000288. The summed E-state index contributed by atoms with van der Waals surface area (Å²) in [5.41, 5.74) is 0. The Hall–Kier alpha value is 0.820. The van der Waals surface area contributed by atoms with Crippen LogP contribution in [0.25, 0.3) is 0 Å². The van der Waals surface area contributed by atoms with E-state index in [-0.39, 0.29) is 15.4 Å². The first-order chi connectivity index (χ1) is 12.3. The van der Waals surface area contributed by atoms with Gasteiger partial charge in [-0.15, -0.1) is 7.92 Å². The van der Waals surface area contributed by atoms with Gasteiger partial charge in [0.25, 0.3) is 0 Å². The van der Waals surface area contributed by atoms with Crippen molar-refractivity contribution in [2.75, 3.05) is 18.5 Å². The largest absolute Gasteiger partial charge is 0.412 e. The van der Waals surface area contributed by atoms with Gasteiger partial charge >= 0.3 is 0 Å². The van der Waals surface area contributed by atoms with Gasteiger partial charge in [-0.3, -0.25) is 0 Å². The minimum absolute atomic E-state index is 0. The van der Waals surface area contributed by atoms with Gasteiger partial charge in [-0.1, -0.05) is 117 Å². The summed E-state index contributed by atoms with van der Waals surface area (Å²) < 4.78 is 0. The molecule has 1 unspecified atom stereocenters. The molecule has 0 heterocycles. The summed E-state index contributed by atoms with van der Waals surface area (Å²) in [5, 5.41) is 0. The highest BCUT2D eigenvalue weighted by molar-refractivity contribution is 7.57. The lowest BCUT2D eigenvalue weighted by Crippen LogP contribution is -1.97. The molecule has 0 saturated carbocycles. The van der Waals surface area contributed by atoms with Crippen molar-refractivity contribution in [2.24, 2.45) is 0 Å². The molecule has 1 atom stereocenters. The highest BCUT2D eigenvalue weighted by Gasteiger charge is 2.07. The third kappa shape index (κ3) is 26.8. The van der Waals surface area contributed by atoms with Crippen LogP contribution in [0.15, 0.2) is 0 Å². The van der Waals surface area contributed by atoms with E-state index in [9.17, 15) is 0 Å². The standard InChI is InChI=1S/C24H51P.H2O.H3P/c1-4-7-10-13-16-19-22-25(23-20-17-14-11-8-5-2)24-21-18-15-12-9-6-3;;/h4-24H2,1-3H3;1H2;1H3. The molecule has 0 aromatic rings. The number of hydrogen-bond donors (Lipinski definition) is 0. The van der Waals surface area contributed by atoms with Gasteiger partial charge in [0.15, 0.2) is 0 Å². The summed E-state index contributed by atoms with van der Waals surface area (Å²) in [7, 11) is 0.366. The number of hydrogen-bond acceptors (Lipinski definition) is 0. The fourth-order valence-electron chi connectivity index (χ4n) is 3.68. The molecule has 0 rings (SSSR count). The zero-order valence-electron chi connectivity index (χ0n) is 19.5. The molecule has 0 aromatic heterocycles. The second-order valence-electron chi connectivity index (χ2n) is 8.14. The molecule has 0 spiro atoms. The highest BCUT2D eigenvalue weighted by Crippen LogP contribution is 2.39. The molecule has 0 aromatic carbocycles. The van der Waals surface area contributed by atoms with E-state index in [1.807, 2.05) is 0 Å². The highest BCUT2D eigenvalue weighted by atomic mass is 31.1. The second-order valence-corrected chi connectivity index (χ2v) is 10.8. The Kier molecular flexibility index (Phi) is 34.9. The molecule has 168 valence electrons. The van der Waals surface area contributed by atoms with Gasteiger partial charge in [-0.05, 0) is 37.7 Å². The normalized spacial score (nSPS) is 10.7. The van der Waals surface area contributed by atoms with Crippen LogP contribution in [0.1, 0.15) is 136 Å². The van der Waals surface area contributed by atoms with Gasteiger partial charge in [0.1, 0.15) is 0 Å². The van der Waals surface area contributed by atoms with E-state index in [0.29, 0.717) is 7.92 Å². The van der Waals surface area contributed by atoms with Crippen molar-refractivity contribution in [3.05, 3.63) is 0 Å². The van der Waals surface area contributed by atoms with Crippen LogP contribution in [0, 0.1) is 0 Å². The molecular weight excluding hydrogens is 366 g/mol. The van der Waals surface area contributed by atoms with E-state index < -0.39 is 0 Å². The van der Waals surface area contributed by atoms with Gasteiger partial charge in [0, 0.05) is 0 Å². The summed E-state index contributed by atoms with van der Waals surface area (Å²) in [6.07, 6.45) is 31.2. The quantitative estimate of drug-likeness (QED) is 0.131. The van der Waals surface area contributed by atoms with Crippen LogP contribution in [0.3, 0.4) is 0 Å². The number of rotatable bonds is 21. The van der Waals surface area contributed by atoms with Gasteiger partial charge in [-0.2, -0.15) is 9.90 Å². The maximum Gasteiger partial charge on any atom is -0.0326 e. The molecule has 0 radical (unpaired) electrons. The number of unbranched alkanes of at least 4 members (excludes halogenated alkanes) is 15. The molecule has 0 aliphatic rings. The first-order valence-corrected chi connectivity index (χ1v) is 14.0. The Bertz CT molecular complexity index is 198. The minimum atomic E-state index is 0. The zero-order chi connectivity index (χ0) is 18.4. The molecule has 0 aliphatic carbocycles. The van der Waals surface area contributed by atoms with Crippen molar-refractivity contribution >= 4 is 17.8 Å². The third-order valence-corrected chi connectivity index (χ3v) is 8.33. The van der Waals surface area contributed by atoms with Crippen LogP contribution < -0.4 is 0 Å². The molecule has 0 aliphatic heterocycles. The lowest BCUT2D eigenvalue weighted by molar-refractivity contribution is 0.617. The average molecular weight is 423 g/mol. The van der Waals surface area contributed by atoms with Crippen LogP contribution in [0.2, 0.25) is 0 Å². The first-order valence-electron chi connectivity index (χ1n) is 12.1. The molecule has 0 fully saturated rings. The van der Waals surface area contributed by atoms with Gasteiger partial charge in [0.05, 0.1) is 0 Å². The maximum absolute atomic E-state index is 2.32. The van der Waals surface area contributed by atoms with E-state index in [4.69, 9.17) is 0 Å². The van der Waals surface area contributed by atoms with Crippen molar-refractivity contribution in [1.29, 1.82) is 0 Å². The van der Waals surface area contributed by atoms with Crippen LogP contribution in [0.5, 0.6) is 0 Å². The van der Waals surface area contributed by atoms with Crippen molar-refractivity contribution in [2.45, 2.75) is 136 Å². The SMILES string of the molecule is CCCCCCCCP(CCCCCCCC)CCCCCCCC.O.P. The Morgan fingerprint density at radius 1 is 0.370 bits per heavy atom. The van der Waals surface area contributed by atoms with Gasteiger partial charge in [-0.25, -0.2) is 0 Å². The Morgan fingerprint density at radius 2 is 0.593 bits per heavy atom. The zero-order valence-corrected chi connectivity index (χ0v) is 21.8. The molecule has 0 amide bonds. The smallest absolute Gasteiger partial charge is 0.0326 e. The van der Waals surface area contributed by atoms with E-state index in [1.54, 1.807) is 18.5 Å². The Labute approximate surface area is 178 Å². The van der Waals surface area contributed by atoms with E-state index in [0.717, 1.165) is 0 Å².